The summed E-state index contributed by atoms with van der Waals surface area (Å²) in [5.74, 6) is 0.475. The third kappa shape index (κ3) is 2.92. The topological polar surface area (TPSA) is 66.9 Å². The number of amides is 1. The molecule has 6 nitrogen and oxygen atoms in total. The number of anilines is 1. The van der Waals surface area contributed by atoms with Crippen LogP contribution in [0.5, 0.6) is 5.75 Å². The first-order valence-corrected chi connectivity index (χ1v) is 9.83. The van der Waals surface area contributed by atoms with Crippen molar-refractivity contribution in [2.45, 2.75) is 17.9 Å². The predicted molar refractivity (Wildman–Crippen MR) is 93.0 cm³/mol. The van der Waals surface area contributed by atoms with Crippen molar-refractivity contribution in [2.75, 3.05) is 25.1 Å². The molecule has 1 aliphatic rings. The lowest BCUT2D eigenvalue weighted by Gasteiger charge is -2.38. The molecule has 3 rings (SSSR count). The third-order valence-electron chi connectivity index (χ3n) is 4.09. The van der Waals surface area contributed by atoms with E-state index in [1.807, 2.05) is 0 Å². The lowest BCUT2D eigenvalue weighted by atomic mass is 10.2. The molecule has 8 heteroatoms. The van der Waals surface area contributed by atoms with E-state index in [0.717, 1.165) is 5.69 Å². The van der Waals surface area contributed by atoms with Crippen molar-refractivity contribution >= 4 is 33.0 Å². The normalized spacial score (nSPS) is 19.5. The number of rotatable bonds is 4. The van der Waals surface area contributed by atoms with Gasteiger partial charge in [0.25, 0.3) is 0 Å². The van der Waals surface area contributed by atoms with Crippen molar-refractivity contribution in [1.29, 1.82) is 0 Å². The molecule has 0 unspecified atom stereocenters. The molecular weight excluding hydrogens is 348 g/mol. The summed E-state index contributed by atoms with van der Waals surface area (Å²) in [4.78, 5) is 14.6. The Bertz CT molecular complexity index is 816. The third-order valence-corrected chi connectivity index (χ3v) is 6.88. The predicted octanol–water partition coefficient (Wildman–Crippen LogP) is 2.18. The standard InChI is InChI=1S/C16H18N2O4S2/c1-12-16(19)17(13-3-5-14(22-2)6-4-13)8-9-18(12)24(20,21)15-7-10-23-11-15/h3-7,10-12H,8-9H2,1-2H3/t12-/m1/s1. The van der Waals surface area contributed by atoms with E-state index in [4.69, 9.17) is 4.74 Å². The van der Waals surface area contributed by atoms with Gasteiger partial charge in [-0.1, -0.05) is 0 Å². The molecule has 1 aromatic carbocycles. The summed E-state index contributed by atoms with van der Waals surface area (Å²) in [5.41, 5.74) is 0.736. The molecule has 0 spiro atoms. The van der Waals surface area contributed by atoms with Crippen molar-refractivity contribution in [2.24, 2.45) is 0 Å². The van der Waals surface area contributed by atoms with E-state index in [1.165, 1.54) is 15.6 Å². The number of benzene rings is 1. The van der Waals surface area contributed by atoms with E-state index in [-0.39, 0.29) is 17.3 Å². The number of thiophene rings is 1. The van der Waals surface area contributed by atoms with Crippen LogP contribution in [0.4, 0.5) is 5.69 Å². The molecule has 0 radical (unpaired) electrons. The highest BCUT2D eigenvalue weighted by molar-refractivity contribution is 7.89. The first-order chi connectivity index (χ1) is 11.4. The van der Waals surface area contributed by atoms with Crippen LogP contribution < -0.4 is 9.64 Å². The maximum atomic E-state index is 12.7. The van der Waals surface area contributed by atoms with E-state index in [0.29, 0.717) is 12.3 Å². The Balaban J connectivity index is 1.83. The Morgan fingerprint density at radius 3 is 2.46 bits per heavy atom. The highest BCUT2D eigenvalue weighted by atomic mass is 32.2. The Morgan fingerprint density at radius 1 is 1.17 bits per heavy atom. The van der Waals surface area contributed by atoms with E-state index < -0.39 is 16.1 Å². The number of carbonyl (C=O) groups excluding carboxylic acids is 1. The molecule has 1 saturated heterocycles. The average molecular weight is 366 g/mol. The summed E-state index contributed by atoms with van der Waals surface area (Å²) in [6, 6.07) is 7.97. The van der Waals surface area contributed by atoms with Gasteiger partial charge in [0.2, 0.25) is 15.9 Å². The number of nitrogens with zero attached hydrogens (tertiary/aromatic N) is 2. The number of ether oxygens (including phenoxy) is 1. The zero-order chi connectivity index (χ0) is 17.3. The van der Waals surface area contributed by atoms with Crippen LogP contribution in [0.3, 0.4) is 0 Å². The molecule has 1 aliphatic heterocycles. The smallest absolute Gasteiger partial charge is 0.245 e. The van der Waals surface area contributed by atoms with Crippen molar-refractivity contribution in [3.63, 3.8) is 0 Å². The van der Waals surface area contributed by atoms with Gasteiger partial charge in [-0.2, -0.15) is 15.6 Å². The summed E-state index contributed by atoms with van der Waals surface area (Å²) >= 11 is 1.32. The van der Waals surface area contributed by atoms with Crippen LogP contribution in [0.25, 0.3) is 0 Å². The SMILES string of the molecule is COc1ccc(N2CCN(S(=O)(=O)c3ccsc3)[C@H](C)C2=O)cc1. The Labute approximate surface area is 145 Å². The van der Waals surface area contributed by atoms with E-state index >= 15 is 0 Å². The quantitative estimate of drug-likeness (QED) is 0.832. The van der Waals surface area contributed by atoms with E-state index in [9.17, 15) is 13.2 Å². The van der Waals surface area contributed by atoms with Gasteiger partial charge >= 0.3 is 0 Å². The highest BCUT2D eigenvalue weighted by Crippen LogP contribution is 2.27. The van der Waals surface area contributed by atoms with Gasteiger partial charge in [0.15, 0.2) is 0 Å². The van der Waals surface area contributed by atoms with Crippen LogP contribution >= 0.6 is 11.3 Å². The van der Waals surface area contributed by atoms with Gasteiger partial charge in [-0.15, -0.1) is 0 Å². The molecule has 0 saturated carbocycles. The molecule has 1 aromatic heterocycles. The number of sulfonamides is 1. The molecule has 24 heavy (non-hydrogen) atoms. The Kier molecular flexibility index (Phi) is 4.62. The fourth-order valence-corrected chi connectivity index (χ4v) is 5.33. The molecule has 0 bridgehead atoms. The van der Waals surface area contributed by atoms with E-state index in [1.54, 1.807) is 60.0 Å². The number of hydrogen-bond donors (Lipinski definition) is 0. The summed E-state index contributed by atoms with van der Waals surface area (Å²) in [6.07, 6.45) is 0. The van der Waals surface area contributed by atoms with Crippen LogP contribution in [-0.2, 0) is 14.8 Å². The molecule has 0 aliphatic carbocycles. The number of methoxy groups -OCH3 is 1. The average Bonchev–Trinajstić information content (AvgIpc) is 3.12. The number of piperazine rings is 1. The van der Waals surface area contributed by atoms with Crippen molar-refractivity contribution in [1.82, 2.24) is 4.31 Å². The molecule has 2 heterocycles. The molecule has 128 valence electrons. The van der Waals surface area contributed by atoms with Gasteiger partial charge in [0.05, 0.1) is 12.0 Å². The lowest BCUT2D eigenvalue weighted by molar-refractivity contribution is -0.123. The molecule has 1 amide bonds. The minimum Gasteiger partial charge on any atom is -0.497 e. The largest absolute Gasteiger partial charge is 0.497 e. The van der Waals surface area contributed by atoms with Crippen molar-refractivity contribution < 1.29 is 17.9 Å². The van der Waals surface area contributed by atoms with Gasteiger partial charge in [-0.25, -0.2) is 8.42 Å². The monoisotopic (exact) mass is 366 g/mol. The van der Waals surface area contributed by atoms with E-state index in [2.05, 4.69) is 0 Å². The zero-order valence-electron chi connectivity index (χ0n) is 13.4. The minimum atomic E-state index is -3.64. The Morgan fingerprint density at radius 2 is 1.88 bits per heavy atom. The molecule has 2 aromatic rings. The second-order valence-electron chi connectivity index (χ2n) is 5.44. The Hall–Kier alpha value is -1.90. The van der Waals surface area contributed by atoms with Crippen molar-refractivity contribution in [3.05, 3.63) is 41.1 Å². The maximum Gasteiger partial charge on any atom is 0.245 e. The first-order valence-electron chi connectivity index (χ1n) is 7.44. The zero-order valence-corrected chi connectivity index (χ0v) is 15.0. The number of carbonyl (C=O) groups is 1. The van der Waals surface area contributed by atoms with Gasteiger partial charge in [0, 0.05) is 24.2 Å². The van der Waals surface area contributed by atoms with Crippen LogP contribution in [0, 0.1) is 0 Å². The van der Waals surface area contributed by atoms with Crippen LogP contribution in [0.2, 0.25) is 0 Å². The fourth-order valence-electron chi connectivity index (χ4n) is 2.73. The van der Waals surface area contributed by atoms with Gasteiger partial charge < -0.3 is 9.64 Å². The molecule has 1 fully saturated rings. The number of hydrogen-bond acceptors (Lipinski definition) is 5. The van der Waals surface area contributed by atoms with Gasteiger partial charge in [-0.05, 0) is 42.6 Å². The maximum absolute atomic E-state index is 12.7. The highest BCUT2D eigenvalue weighted by Gasteiger charge is 2.39. The fraction of sp³-hybridized carbons (Fsp3) is 0.312. The van der Waals surface area contributed by atoms with Crippen molar-refractivity contribution in [3.8, 4) is 5.75 Å². The lowest BCUT2D eigenvalue weighted by Crippen LogP contribution is -2.57. The van der Waals surface area contributed by atoms with Gasteiger partial charge in [0.1, 0.15) is 11.8 Å². The minimum absolute atomic E-state index is 0.231. The van der Waals surface area contributed by atoms with Crippen LogP contribution in [0.15, 0.2) is 46.0 Å². The summed E-state index contributed by atoms with van der Waals surface area (Å²) in [5, 5.41) is 3.30. The molecular formula is C16H18N2O4S2. The van der Waals surface area contributed by atoms with Gasteiger partial charge in [-0.3, -0.25) is 4.79 Å². The molecule has 1 atom stereocenters. The summed E-state index contributed by atoms with van der Waals surface area (Å²) in [6.45, 7) is 2.21. The molecule has 0 N–H and O–H groups in total. The summed E-state index contributed by atoms with van der Waals surface area (Å²) in [7, 11) is -2.06. The first kappa shape index (κ1) is 16.9. The van der Waals surface area contributed by atoms with Crippen LogP contribution in [-0.4, -0.2) is 44.9 Å². The van der Waals surface area contributed by atoms with Crippen LogP contribution in [0.1, 0.15) is 6.92 Å². The summed E-state index contributed by atoms with van der Waals surface area (Å²) < 4.78 is 31.7. The second-order valence-corrected chi connectivity index (χ2v) is 8.11. The second kappa shape index (κ2) is 6.54.